The van der Waals surface area contributed by atoms with Crippen molar-refractivity contribution in [2.45, 2.75) is 0 Å². The van der Waals surface area contributed by atoms with Crippen molar-refractivity contribution in [3.8, 4) is 11.3 Å². The number of H-pyrrole nitrogens is 1. The van der Waals surface area contributed by atoms with Crippen LogP contribution in [0.4, 0.5) is 0 Å². The fraction of sp³-hybridized carbons (Fsp3) is 0. The van der Waals surface area contributed by atoms with Gasteiger partial charge in [0, 0.05) is 21.3 Å². The van der Waals surface area contributed by atoms with Crippen LogP contribution in [0.5, 0.6) is 0 Å². The molecule has 1 heterocycles. The molecule has 0 bridgehead atoms. The lowest BCUT2D eigenvalue weighted by Crippen LogP contribution is -2.22. The van der Waals surface area contributed by atoms with E-state index >= 15 is 0 Å². The fourth-order valence-corrected chi connectivity index (χ4v) is 2.08. The first-order valence-electron chi connectivity index (χ1n) is 4.97. The smallest absolute Gasteiger partial charge is 0.258 e. The number of hydrogen-bond acceptors (Lipinski definition) is 2. The standard InChI is InChI=1S/C12H8Cl2N2OS/c13-6-1-3-9(14)8(5-6)10-4-2-7(11(15)18)12(17)16-10/h1-5H,(H2,15,18)(H,16,17). The highest BCUT2D eigenvalue weighted by molar-refractivity contribution is 7.80. The van der Waals surface area contributed by atoms with E-state index in [1.165, 1.54) is 0 Å². The van der Waals surface area contributed by atoms with E-state index in [1.54, 1.807) is 30.3 Å². The maximum Gasteiger partial charge on any atom is 0.258 e. The molecule has 0 radical (unpaired) electrons. The van der Waals surface area contributed by atoms with Gasteiger partial charge in [0.15, 0.2) is 0 Å². The van der Waals surface area contributed by atoms with Gasteiger partial charge in [-0.15, -0.1) is 0 Å². The molecule has 0 saturated heterocycles. The van der Waals surface area contributed by atoms with Crippen LogP contribution in [0.2, 0.25) is 10.0 Å². The Morgan fingerprint density at radius 3 is 2.56 bits per heavy atom. The van der Waals surface area contributed by atoms with Crippen molar-refractivity contribution in [1.29, 1.82) is 0 Å². The molecule has 0 spiro atoms. The monoisotopic (exact) mass is 298 g/mol. The van der Waals surface area contributed by atoms with E-state index in [9.17, 15) is 4.79 Å². The Hall–Kier alpha value is -1.36. The van der Waals surface area contributed by atoms with Gasteiger partial charge in [-0.25, -0.2) is 0 Å². The number of halogens is 2. The third-order valence-corrected chi connectivity index (χ3v) is 3.18. The van der Waals surface area contributed by atoms with Crippen LogP contribution in [0.15, 0.2) is 35.1 Å². The van der Waals surface area contributed by atoms with E-state index in [1.807, 2.05) is 0 Å². The summed E-state index contributed by atoms with van der Waals surface area (Å²) >= 11 is 16.7. The molecule has 0 aliphatic heterocycles. The SMILES string of the molecule is NC(=S)c1ccc(-c2cc(Cl)ccc2Cl)[nH]c1=O. The number of rotatable bonds is 2. The molecule has 0 atom stereocenters. The molecule has 2 aromatic rings. The summed E-state index contributed by atoms with van der Waals surface area (Å²) in [5, 5.41) is 1.03. The molecule has 0 aliphatic carbocycles. The summed E-state index contributed by atoms with van der Waals surface area (Å²) in [5.41, 5.74) is 6.55. The number of nitrogens with two attached hydrogens (primary N) is 1. The maximum atomic E-state index is 11.8. The zero-order chi connectivity index (χ0) is 13.3. The van der Waals surface area contributed by atoms with Gasteiger partial charge in [0.2, 0.25) is 0 Å². The van der Waals surface area contributed by atoms with Gasteiger partial charge in [0.1, 0.15) is 4.99 Å². The Morgan fingerprint density at radius 1 is 1.22 bits per heavy atom. The molecule has 1 aromatic heterocycles. The highest BCUT2D eigenvalue weighted by Gasteiger charge is 2.08. The molecule has 2 rings (SSSR count). The third kappa shape index (κ3) is 2.56. The Kier molecular flexibility index (Phi) is 3.71. The Labute approximate surface area is 119 Å². The molecular weight excluding hydrogens is 291 g/mol. The average molecular weight is 299 g/mol. The second kappa shape index (κ2) is 5.10. The van der Waals surface area contributed by atoms with Crippen LogP contribution in [0.25, 0.3) is 11.3 Å². The molecule has 6 heteroatoms. The highest BCUT2D eigenvalue weighted by atomic mass is 35.5. The molecule has 92 valence electrons. The molecule has 1 aromatic carbocycles. The first kappa shape index (κ1) is 13.1. The van der Waals surface area contributed by atoms with Crippen LogP contribution in [0.3, 0.4) is 0 Å². The van der Waals surface area contributed by atoms with Crippen molar-refractivity contribution in [3.63, 3.8) is 0 Å². The maximum absolute atomic E-state index is 11.8. The van der Waals surface area contributed by atoms with Crippen LogP contribution in [0.1, 0.15) is 5.56 Å². The van der Waals surface area contributed by atoms with Crippen molar-refractivity contribution in [2.75, 3.05) is 0 Å². The largest absolute Gasteiger partial charge is 0.389 e. The quantitative estimate of drug-likeness (QED) is 0.838. The normalized spacial score (nSPS) is 10.3. The molecular formula is C12H8Cl2N2OS. The molecule has 3 nitrogen and oxygen atoms in total. The number of benzene rings is 1. The van der Waals surface area contributed by atoms with Crippen LogP contribution >= 0.6 is 35.4 Å². The van der Waals surface area contributed by atoms with Crippen LogP contribution in [-0.4, -0.2) is 9.97 Å². The van der Waals surface area contributed by atoms with Gasteiger partial charge in [-0.2, -0.15) is 0 Å². The van der Waals surface area contributed by atoms with Gasteiger partial charge in [-0.3, -0.25) is 4.79 Å². The minimum absolute atomic E-state index is 0.0555. The van der Waals surface area contributed by atoms with Crippen molar-refractivity contribution in [3.05, 3.63) is 56.3 Å². The van der Waals surface area contributed by atoms with Gasteiger partial charge in [0.05, 0.1) is 5.56 Å². The summed E-state index contributed by atoms with van der Waals surface area (Å²) in [4.78, 5) is 14.5. The van der Waals surface area contributed by atoms with Crippen LogP contribution in [0, 0.1) is 0 Å². The first-order valence-corrected chi connectivity index (χ1v) is 6.14. The average Bonchev–Trinajstić information content (AvgIpc) is 2.31. The number of aromatic amines is 1. The summed E-state index contributed by atoms with van der Waals surface area (Å²) < 4.78 is 0. The minimum Gasteiger partial charge on any atom is -0.389 e. The number of thiocarbonyl (C=S) groups is 1. The van der Waals surface area contributed by atoms with E-state index in [0.717, 1.165) is 0 Å². The van der Waals surface area contributed by atoms with Gasteiger partial charge in [-0.1, -0.05) is 35.4 Å². The predicted octanol–water partition coefficient (Wildman–Crippen LogP) is 2.98. The van der Waals surface area contributed by atoms with E-state index in [4.69, 9.17) is 41.2 Å². The van der Waals surface area contributed by atoms with Crippen molar-refractivity contribution >= 4 is 40.4 Å². The summed E-state index contributed by atoms with van der Waals surface area (Å²) in [6, 6.07) is 8.27. The highest BCUT2D eigenvalue weighted by Crippen LogP contribution is 2.28. The zero-order valence-corrected chi connectivity index (χ0v) is 11.4. The predicted molar refractivity (Wildman–Crippen MR) is 78.4 cm³/mol. The number of aromatic nitrogens is 1. The Balaban J connectivity index is 2.59. The summed E-state index contributed by atoms with van der Waals surface area (Å²) in [6.45, 7) is 0. The minimum atomic E-state index is -0.351. The molecule has 3 N–H and O–H groups in total. The lowest BCUT2D eigenvalue weighted by Gasteiger charge is -2.06. The van der Waals surface area contributed by atoms with E-state index in [-0.39, 0.29) is 16.1 Å². The van der Waals surface area contributed by atoms with E-state index < -0.39 is 0 Å². The second-order valence-corrected chi connectivity index (χ2v) is 4.89. The van der Waals surface area contributed by atoms with Crippen molar-refractivity contribution in [2.24, 2.45) is 5.73 Å². The van der Waals surface area contributed by atoms with Gasteiger partial charge >= 0.3 is 0 Å². The number of pyridine rings is 1. The summed E-state index contributed by atoms with van der Waals surface area (Å²) in [5.74, 6) is 0. The van der Waals surface area contributed by atoms with E-state index in [0.29, 0.717) is 21.3 Å². The van der Waals surface area contributed by atoms with Crippen LogP contribution < -0.4 is 11.3 Å². The molecule has 0 aliphatic rings. The molecule has 0 saturated carbocycles. The first-order chi connectivity index (χ1) is 8.49. The fourth-order valence-electron chi connectivity index (χ4n) is 1.53. The number of hydrogen-bond donors (Lipinski definition) is 2. The summed E-state index contributed by atoms with van der Waals surface area (Å²) in [7, 11) is 0. The lowest BCUT2D eigenvalue weighted by molar-refractivity contribution is 1.23. The van der Waals surface area contributed by atoms with Crippen molar-refractivity contribution in [1.82, 2.24) is 4.98 Å². The Morgan fingerprint density at radius 2 is 1.94 bits per heavy atom. The van der Waals surface area contributed by atoms with Gasteiger partial charge < -0.3 is 10.7 Å². The molecule has 18 heavy (non-hydrogen) atoms. The van der Waals surface area contributed by atoms with Gasteiger partial charge in [0.25, 0.3) is 5.56 Å². The topological polar surface area (TPSA) is 58.9 Å². The number of nitrogens with one attached hydrogen (secondary N) is 1. The zero-order valence-electron chi connectivity index (χ0n) is 9.04. The Bertz CT molecular complexity index is 682. The third-order valence-electron chi connectivity index (χ3n) is 2.39. The molecule has 0 fully saturated rings. The van der Waals surface area contributed by atoms with Gasteiger partial charge in [-0.05, 0) is 30.3 Å². The summed E-state index contributed by atoms with van der Waals surface area (Å²) in [6.07, 6.45) is 0. The molecule has 0 amide bonds. The van der Waals surface area contributed by atoms with E-state index in [2.05, 4.69) is 4.98 Å². The van der Waals surface area contributed by atoms with Crippen molar-refractivity contribution < 1.29 is 0 Å². The van der Waals surface area contributed by atoms with Crippen LogP contribution in [-0.2, 0) is 0 Å². The lowest BCUT2D eigenvalue weighted by atomic mass is 10.1. The molecule has 0 unspecified atom stereocenters. The second-order valence-electron chi connectivity index (χ2n) is 3.60.